The van der Waals surface area contributed by atoms with Gasteiger partial charge in [0.05, 0.1) is 34.6 Å². The third-order valence-electron chi connectivity index (χ3n) is 5.80. The molecule has 1 unspecified atom stereocenters. The summed E-state index contributed by atoms with van der Waals surface area (Å²) in [7, 11) is 0. The van der Waals surface area contributed by atoms with Crippen LogP contribution in [0.2, 0.25) is 10.0 Å². The van der Waals surface area contributed by atoms with Gasteiger partial charge in [0.25, 0.3) is 5.56 Å². The highest BCUT2D eigenvalue weighted by Crippen LogP contribution is 2.32. The Morgan fingerprint density at radius 2 is 1.92 bits per heavy atom. The second kappa shape index (κ2) is 11.7. The lowest BCUT2D eigenvalue weighted by atomic mass is 9.96. The molecule has 0 radical (unpaired) electrons. The molecule has 37 heavy (non-hydrogen) atoms. The van der Waals surface area contributed by atoms with Gasteiger partial charge in [-0.25, -0.2) is 9.79 Å². The highest BCUT2D eigenvalue weighted by Gasteiger charge is 2.33. The van der Waals surface area contributed by atoms with Gasteiger partial charge in [-0.2, -0.15) is 0 Å². The quantitative estimate of drug-likeness (QED) is 0.263. The Morgan fingerprint density at radius 1 is 1.19 bits per heavy atom. The number of carbonyl (C=O) groups excluding carboxylic acids is 1. The van der Waals surface area contributed by atoms with Gasteiger partial charge in [0.1, 0.15) is 5.75 Å². The molecule has 0 aliphatic carbocycles. The number of hydrogen-bond donors (Lipinski definition) is 0. The Labute approximate surface area is 229 Å². The summed E-state index contributed by atoms with van der Waals surface area (Å²) in [4.78, 5) is 32.1. The zero-order valence-corrected chi connectivity index (χ0v) is 23.4. The van der Waals surface area contributed by atoms with Crippen molar-refractivity contribution in [1.82, 2.24) is 4.57 Å². The van der Waals surface area contributed by atoms with Crippen LogP contribution in [-0.4, -0.2) is 23.2 Å². The van der Waals surface area contributed by atoms with Crippen LogP contribution < -0.4 is 19.6 Å². The van der Waals surface area contributed by atoms with E-state index < -0.39 is 12.0 Å². The van der Waals surface area contributed by atoms with Crippen LogP contribution >= 0.6 is 34.5 Å². The van der Waals surface area contributed by atoms with Crippen LogP contribution in [0.3, 0.4) is 0 Å². The first-order valence-electron chi connectivity index (χ1n) is 12.1. The smallest absolute Gasteiger partial charge is 0.338 e. The number of nitrogens with zero attached hydrogens (tertiary/aromatic N) is 2. The van der Waals surface area contributed by atoms with Crippen molar-refractivity contribution in [3.05, 3.63) is 94.6 Å². The Hall–Kier alpha value is -2.87. The molecule has 0 spiro atoms. The van der Waals surface area contributed by atoms with Crippen LogP contribution in [0, 0.1) is 0 Å². The molecule has 2 heterocycles. The van der Waals surface area contributed by atoms with Gasteiger partial charge in [-0.1, -0.05) is 66.1 Å². The molecular weight excluding hydrogens is 531 g/mol. The summed E-state index contributed by atoms with van der Waals surface area (Å²) in [6.45, 7) is 8.07. The molecule has 6 nitrogen and oxygen atoms in total. The second-order valence-electron chi connectivity index (χ2n) is 8.97. The van der Waals surface area contributed by atoms with Gasteiger partial charge < -0.3 is 9.47 Å². The predicted molar refractivity (Wildman–Crippen MR) is 148 cm³/mol. The minimum Gasteiger partial charge on any atom is -0.494 e. The van der Waals surface area contributed by atoms with Crippen LogP contribution in [0.1, 0.15) is 57.7 Å². The first kappa shape index (κ1) is 27.2. The maximum atomic E-state index is 13.7. The van der Waals surface area contributed by atoms with Crippen LogP contribution in [0.25, 0.3) is 6.08 Å². The minimum atomic E-state index is -0.699. The van der Waals surface area contributed by atoms with Gasteiger partial charge in [0.2, 0.25) is 0 Å². The molecule has 9 heteroatoms. The van der Waals surface area contributed by atoms with E-state index in [9.17, 15) is 9.59 Å². The van der Waals surface area contributed by atoms with Crippen LogP contribution in [0.5, 0.6) is 5.75 Å². The number of carbonyl (C=O) groups is 1. The molecule has 1 atom stereocenters. The first-order valence-corrected chi connectivity index (χ1v) is 13.7. The van der Waals surface area contributed by atoms with Crippen LogP contribution in [0.15, 0.2) is 63.5 Å². The Kier molecular flexibility index (Phi) is 8.57. The molecule has 1 aromatic heterocycles. The topological polar surface area (TPSA) is 69.9 Å². The number of ether oxygens (including phenoxy) is 2. The van der Waals surface area contributed by atoms with Gasteiger partial charge in [0, 0.05) is 10.0 Å². The van der Waals surface area contributed by atoms with Gasteiger partial charge in [-0.05, 0) is 68.7 Å². The monoisotopic (exact) mass is 558 g/mol. The summed E-state index contributed by atoms with van der Waals surface area (Å²) in [5.41, 5.74) is 1.99. The third kappa shape index (κ3) is 6.00. The fourth-order valence-electron chi connectivity index (χ4n) is 4.02. The molecular formula is C28H28Cl2N2O4S. The molecule has 0 amide bonds. The molecule has 2 aromatic carbocycles. The molecule has 194 valence electrons. The standard InChI is InChI=1S/C28H28Cl2N2O4S/c1-5-6-13-35-21-11-8-18(9-12-21)25-24(27(34)36-16(2)3)17(4)31-28-32(25)26(33)23(37-28)14-19-7-10-20(29)15-22(19)30/h7-12,14-16,25H,5-6,13H2,1-4H3/b23-14-. The lowest BCUT2D eigenvalue weighted by Crippen LogP contribution is -2.40. The van der Waals surface area contributed by atoms with E-state index in [1.54, 1.807) is 49.6 Å². The second-order valence-corrected chi connectivity index (χ2v) is 10.8. The van der Waals surface area contributed by atoms with Crippen molar-refractivity contribution >= 4 is 46.6 Å². The maximum Gasteiger partial charge on any atom is 0.338 e. The van der Waals surface area contributed by atoms with Gasteiger partial charge in [0.15, 0.2) is 4.80 Å². The van der Waals surface area contributed by atoms with Crippen molar-refractivity contribution < 1.29 is 14.3 Å². The Morgan fingerprint density at radius 3 is 2.57 bits per heavy atom. The van der Waals surface area contributed by atoms with E-state index in [-0.39, 0.29) is 11.7 Å². The Balaban J connectivity index is 1.85. The minimum absolute atomic E-state index is 0.273. The van der Waals surface area contributed by atoms with E-state index >= 15 is 0 Å². The summed E-state index contributed by atoms with van der Waals surface area (Å²) in [5.74, 6) is 0.230. The number of benzene rings is 2. The van der Waals surface area contributed by atoms with E-state index in [0.717, 1.165) is 24.2 Å². The first-order chi connectivity index (χ1) is 17.7. The highest BCUT2D eigenvalue weighted by atomic mass is 35.5. The van der Waals surface area contributed by atoms with Gasteiger partial charge in [-0.15, -0.1) is 0 Å². The summed E-state index contributed by atoms with van der Waals surface area (Å²) in [6, 6.07) is 11.9. The SMILES string of the molecule is CCCCOc1ccc(C2C(C(=O)OC(C)C)=C(C)N=c3s/c(=C\c4ccc(Cl)cc4Cl)c(=O)n32)cc1. The third-order valence-corrected chi connectivity index (χ3v) is 7.34. The normalized spacial score (nSPS) is 15.5. The Bertz CT molecular complexity index is 1520. The van der Waals surface area contributed by atoms with Gasteiger partial charge in [-0.3, -0.25) is 9.36 Å². The molecule has 1 aliphatic rings. The molecule has 0 fully saturated rings. The van der Waals surface area contributed by atoms with Crippen molar-refractivity contribution in [2.75, 3.05) is 6.61 Å². The number of thiazole rings is 1. The van der Waals surface area contributed by atoms with E-state index in [0.29, 0.717) is 42.8 Å². The predicted octanol–water partition coefficient (Wildman–Crippen LogP) is 5.67. The summed E-state index contributed by atoms with van der Waals surface area (Å²) < 4.78 is 13.4. The summed E-state index contributed by atoms with van der Waals surface area (Å²) in [5, 5.41) is 0.945. The summed E-state index contributed by atoms with van der Waals surface area (Å²) in [6.07, 6.45) is 3.40. The van der Waals surface area contributed by atoms with E-state index in [1.807, 2.05) is 24.3 Å². The number of aromatic nitrogens is 1. The molecule has 4 rings (SSSR count). The van der Waals surface area contributed by atoms with E-state index in [4.69, 9.17) is 32.7 Å². The van der Waals surface area contributed by atoms with Crippen molar-refractivity contribution in [1.29, 1.82) is 0 Å². The number of esters is 1. The lowest BCUT2D eigenvalue weighted by Gasteiger charge is -2.25. The van der Waals surface area contributed by atoms with E-state index in [2.05, 4.69) is 11.9 Å². The van der Waals surface area contributed by atoms with E-state index in [1.165, 1.54) is 11.3 Å². The number of rotatable bonds is 8. The number of allylic oxidation sites excluding steroid dienone is 1. The number of fused-ring (bicyclic) bond motifs is 1. The number of halogens is 2. The van der Waals surface area contributed by atoms with Crippen molar-refractivity contribution in [3.63, 3.8) is 0 Å². The zero-order valence-electron chi connectivity index (χ0n) is 21.1. The molecule has 0 bridgehead atoms. The molecule has 3 aromatic rings. The molecule has 0 saturated heterocycles. The maximum absolute atomic E-state index is 13.7. The molecule has 0 N–H and O–H groups in total. The number of unbranched alkanes of at least 4 members (excludes halogenated alkanes) is 1. The zero-order chi connectivity index (χ0) is 26.7. The molecule has 1 aliphatic heterocycles. The van der Waals surface area contributed by atoms with Crippen LogP contribution in [-0.2, 0) is 9.53 Å². The molecule has 0 saturated carbocycles. The van der Waals surface area contributed by atoms with Crippen molar-refractivity contribution in [2.24, 2.45) is 4.99 Å². The number of hydrogen-bond acceptors (Lipinski definition) is 6. The lowest BCUT2D eigenvalue weighted by molar-refractivity contribution is -0.143. The average Bonchev–Trinajstić information content (AvgIpc) is 3.14. The fraction of sp³-hybridized carbons (Fsp3) is 0.321. The summed E-state index contributed by atoms with van der Waals surface area (Å²) >= 11 is 13.6. The fourth-order valence-corrected chi connectivity index (χ4v) is 5.52. The van der Waals surface area contributed by atoms with Crippen LogP contribution in [0.4, 0.5) is 0 Å². The van der Waals surface area contributed by atoms with Gasteiger partial charge >= 0.3 is 5.97 Å². The van der Waals surface area contributed by atoms with Crippen molar-refractivity contribution in [2.45, 2.75) is 52.7 Å². The average molecular weight is 560 g/mol. The largest absolute Gasteiger partial charge is 0.494 e. The van der Waals surface area contributed by atoms with Crippen molar-refractivity contribution in [3.8, 4) is 5.75 Å². The highest BCUT2D eigenvalue weighted by molar-refractivity contribution is 7.07.